The number of hydrogen-bond acceptors (Lipinski definition) is 2. The summed E-state index contributed by atoms with van der Waals surface area (Å²) < 4.78 is 5.20. The lowest BCUT2D eigenvalue weighted by molar-refractivity contribution is -0.118. The van der Waals surface area contributed by atoms with Crippen LogP contribution in [0.1, 0.15) is 12.2 Å². The van der Waals surface area contributed by atoms with Crippen molar-refractivity contribution in [3.63, 3.8) is 0 Å². The minimum Gasteiger partial charge on any atom is -0.469 e. The van der Waals surface area contributed by atoms with Crippen LogP contribution in [0.4, 0.5) is 5.69 Å². The van der Waals surface area contributed by atoms with Gasteiger partial charge in [0.2, 0.25) is 5.91 Å². The average molecular weight is 229 g/mol. The molecule has 0 aliphatic heterocycles. The minimum absolute atomic E-state index is 0.0904. The van der Waals surface area contributed by atoms with E-state index in [4.69, 9.17) is 4.42 Å². The Hall–Kier alpha value is -2.03. The number of carbonyl (C=O) groups excluding carboxylic acids is 1. The predicted octanol–water partition coefficient (Wildman–Crippen LogP) is 2.88. The summed E-state index contributed by atoms with van der Waals surface area (Å²) in [5.74, 6) is 0.937. The van der Waals surface area contributed by atoms with Crippen molar-refractivity contribution < 1.29 is 9.21 Å². The van der Waals surface area contributed by atoms with Crippen molar-refractivity contribution in [1.82, 2.24) is 0 Å². The van der Waals surface area contributed by atoms with E-state index >= 15 is 0 Å². The standard InChI is InChI=1S/C14H15NO2/c1-15(12-6-3-2-4-7-12)14(16)10-9-13-8-5-11-17-13/h2-8,11H,9-10H2,1H3. The summed E-state index contributed by atoms with van der Waals surface area (Å²) >= 11 is 0. The van der Waals surface area contributed by atoms with Crippen molar-refractivity contribution in [3.8, 4) is 0 Å². The molecule has 3 nitrogen and oxygen atoms in total. The molecule has 3 heteroatoms. The Morgan fingerprint density at radius 1 is 1.18 bits per heavy atom. The summed E-state index contributed by atoms with van der Waals surface area (Å²) in [7, 11) is 1.79. The van der Waals surface area contributed by atoms with E-state index in [1.807, 2.05) is 42.5 Å². The number of carbonyl (C=O) groups is 1. The summed E-state index contributed by atoms with van der Waals surface area (Å²) in [4.78, 5) is 13.6. The molecule has 2 aromatic rings. The van der Waals surface area contributed by atoms with E-state index in [2.05, 4.69) is 0 Å². The lowest BCUT2D eigenvalue weighted by Gasteiger charge is -2.16. The van der Waals surface area contributed by atoms with Gasteiger partial charge in [0.1, 0.15) is 5.76 Å². The van der Waals surface area contributed by atoms with Crippen molar-refractivity contribution in [2.75, 3.05) is 11.9 Å². The summed E-state index contributed by atoms with van der Waals surface area (Å²) in [5, 5.41) is 0. The number of hydrogen-bond donors (Lipinski definition) is 0. The third kappa shape index (κ3) is 2.97. The van der Waals surface area contributed by atoms with Crippen LogP contribution in [-0.2, 0) is 11.2 Å². The van der Waals surface area contributed by atoms with Gasteiger partial charge in [-0.05, 0) is 24.3 Å². The van der Waals surface area contributed by atoms with E-state index in [1.54, 1.807) is 18.2 Å². The molecule has 0 spiro atoms. The molecular weight excluding hydrogens is 214 g/mol. The largest absolute Gasteiger partial charge is 0.469 e. The molecule has 2 rings (SSSR count). The minimum atomic E-state index is 0.0904. The molecule has 0 fully saturated rings. The van der Waals surface area contributed by atoms with Gasteiger partial charge in [-0.15, -0.1) is 0 Å². The normalized spacial score (nSPS) is 10.2. The van der Waals surface area contributed by atoms with Crippen LogP contribution in [0.2, 0.25) is 0 Å². The number of para-hydroxylation sites is 1. The van der Waals surface area contributed by atoms with Crippen LogP contribution < -0.4 is 4.90 Å². The van der Waals surface area contributed by atoms with E-state index < -0.39 is 0 Å². The zero-order valence-electron chi connectivity index (χ0n) is 9.80. The molecule has 0 aliphatic rings. The first kappa shape index (κ1) is 11.5. The smallest absolute Gasteiger partial charge is 0.227 e. The van der Waals surface area contributed by atoms with Gasteiger partial charge in [0.25, 0.3) is 0 Å². The molecule has 0 saturated heterocycles. The highest BCUT2D eigenvalue weighted by Crippen LogP contribution is 2.13. The zero-order chi connectivity index (χ0) is 12.1. The molecule has 17 heavy (non-hydrogen) atoms. The first-order valence-corrected chi connectivity index (χ1v) is 5.61. The maximum atomic E-state index is 11.9. The van der Waals surface area contributed by atoms with Crippen LogP contribution in [0.5, 0.6) is 0 Å². The third-order valence-electron chi connectivity index (χ3n) is 2.68. The highest BCUT2D eigenvalue weighted by atomic mass is 16.3. The summed E-state index contributed by atoms with van der Waals surface area (Å²) in [6, 6.07) is 13.3. The first-order chi connectivity index (χ1) is 8.27. The summed E-state index contributed by atoms with van der Waals surface area (Å²) in [6.45, 7) is 0. The molecule has 1 aromatic heterocycles. The van der Waals surface area contributed by atoms with Crippen LogP contribution >= 0.6 is 0 Å². The van der Waals surface area contributed by atoms with E-state index in [0.717, 1.165) is 11.4 Å². The van der Waals surface area contributed by atoms with E-state index in [0.29, 0.717) is 12.8 Å². The molecule has 0 saturated carbocycles. The van der Waals surface area contributed by atoms with Crippen LogP contribution in [0.3, 0.4) is 0 Å². The molecule has 1 amide bonds. The second-order valence-electron chi connectivity index (χ2n) is 3.87. The van der Waals surface area contributed by atoms with E-state index in [-0.39, 0.29) is 5.91 Å². The lowest BCUT2D eigenvalue weighted by Crippen LogP contribution is -2.26. The van der Waals surface area contributed by atoms with Crippen molar-refractivity contribution in [1.29, 1.82) is 0 Å². The fourth-order valence-corrected chi connectivity index (χ4v) is 1.65. The fourth-order valence-electron chi connectivity index (χ4n) is 1.65. The quantitative estimate of drug-likeness (QED) is 0.807. The van der Waals surface area contributed by atoms with Gasteiger partial charge >= 0.3 is 0 Å². The van der Waals surface area contributed by atoms with Crippen molar-refractivity contribution in [3.05, 3.63) is 54.5 Å². The maximum Gasteiger partial charge on any atom is 0.227 e. The SMILES string of the molecule is CN(C(=O)CCc1ccco1)c1ccccc1. The van der Waals surface area contributed by atoms with Crippen LogP contribution in [0, 0.1) is 0 Å². The third-order valence-corrected chi connectivity index (χ3v) is 2.68. The highest BCUT2D eigenvalue weighted by molar-refractivity contribution is 5.92. The molecule has 0 N–H and O–H groups in total. The molecule has 0 bridgehead atoms. The molecule has 0 aliphatic carbocycles. The molecule has 0 atom stereocenters. The molecular formula is C14H15NO2. The second kappa shape index (κ2) is 5.34. The number of nitrogens with zero attached hydrogens (tertiary/aromatic N) is 1. The molecule has 1 heterocycles. The summed E-state index contributed by atoms with van der Waals surface area (Å²) in [5.41, 5.74) is 0.914. The average Bonchev–Trinajstić information content (AvgIpc) is 2.89. The number of aryl methyl sites for hydroxylation is 1. The number of amides is 1. The van der Waals surface area contributed by atoms with Gasteiger partial charge in [-0.1, -0.05) is 18.2 Å². The summed E-state index contributed by atoms with van der Waals surface area (Å²) in [6.07, 6.45) is 2.72. The Balaban J connectivity index is 1.92. The van der Waals surface area contributed by atoms with Crippen molar-refractivity contribution >= 4 is 11.6 Å². The van der Waals surface area contributed by atoms with Gasteiger partial charge in [-0.25, -0.2) is 0 Å². The Kier molecular flexibility index (Phi) is 3.60. The molecule has 0 radical (unpaired) electrons. The van der Waals surface area contributed by atoms with Crippen LogP contribution in [0.25, 0.3) is 0 Å². The van der Waals surface area contributed by atoms with Crippen molar-refractivity contribution in [2.24, 2.45) is 0 Å². The van der Waals surface area contributed by atoms with Gasteiger partial charge in [-0.3, -0.25) is 4.79 Å². The Bertz CT molecular complexity index is 462. The fraction of sp³-hybridized carbons (Fsp3) is 0.214. The number of furan rings is 1. The van der Waals surface area contributed by atoms with Crippen molar-refractivity contribution in [2.45, 2.75) is 12.8 Å². The number of rotatable bonds is 4. The molecule has 0 unspecified atom stereocenters. The zero-order valence-corrected chi connectivity index (χ0v) is 9.80. The van der Waals surface area contributed by atoms with E-state index in [9.17, 15) is 4.79 Å². The van der Waals surface area contributed by atoms with Gasteiger partial charge in [0.05, 0.1) is 6.26 Å². The Morgan fingerprint density at radius 3 is 2.59 bits per heavy atom. The molecule has 88 valence electrons. The first-order valence-electron chi connectivity index (χ1n) is 5.61. The van der Waals surface area contributed by atoms with E-state index in [1.165, 1.54) is 0 Å². The molecule has 1 aromatic carbocycles. The van der Waals surface area contributed by atoms with Gasteiger partial charge in [0.15, 0.2) is 0 Å². The monoisotopic (exact) mass is 229 g/mol. The van der Waals surface area contributed by atoms with Gasteiger partial charge in [0, 0.05) is 25.6 Å². The Morgan fingerprint density at radius 2 is 1.94 bits per heavy atom. The topological polar surface area (TPSA) is 33.5 Å². The second-order valence-corrected chi connectivity index (χ2v) is 3.87. The maximum absolute atomic E-state index is 11.9. The van der Waals surface area contributed by atoms with Crippen LogP contribution in [-0.4, -0.2) is 13.0 Å². The number of anilines is 1. The highest BCUT2D eigenvalue weighted by Gasteiger charge is 2.10. The lowest BCUT2D eigenvalue weighted by atomic mass is 10.2. The Labute approximate surface area is 101 Å². The van der Waals surface area contributed by atoms with Crippen LogP contribution in [0.15, 0.2) is 53.1 Å². The van der Waals surface area contributed by atoms with Gasteiger partial charge < -0.3 is 9.32 Å². The van der Waals surface area contributed by atoms with Gasteiger partial charge in [-0.2, -0.15) is 0 Å². The number of benzene rings is 1. The predicted molar refractivity (Wildman–Crippen MR) is 66.9 cm³/mol.